The van der Waals surface area contributed by atoms with Crippen molar-refractivity contribution in [2.24, 2.45) is 23.7 Å². The van der Waals surface area contributed by atoms with E-state index in [0.717, 1.165) is 30.6 Å². The lowest BCUT2D eigenvalue weighted by Gasteiger charge is -2.30. The molecule has 1 aliphatic carbocycles. The van der Waals surface area contributed by atoms with Gasteiger partial charge in [0.15, 0.2) is 0 Å². The summed E-state index contributed by atoms with van der Waals surface area (Å²) in [6.07, 6.45) is 7.44. The van der Waals surface area contributed by atoms with Crippen molar-refractivity contribution < 1.29 is 4.79 Å². The number of hydrogen-bond donors (Lipinski definition) is 0. The van der Waals surface area contributed by atoms with Gasteiger partial charge in [0.25, 0.3) is 0 Å². The highest BCUT2D eigenvalue weighted by Gasteiger charge is 2.23. The van der Waals surface area contributed by atoms with Crippen LogP contribution in [0.3, 0.4) is 0 Å². The molecule has 0 saturated heterocycles. The van der Waals surface area contributed by atoms with E-state index in [1.165, 1.54) is 25.7 Å². The third kappa shape index (κ3) is 4.27. The molecule has 0 amide bonds. The van der Waals surface area contributed by atoms with Crippen molar-refractivity contribution in [3.05, 3.63) is 0 Å². The summed E-state index contributed by atoms with van der Waals surface area (Å²) in [5.41, 5.74) is 0. The van der Waals surface area contributed by atoms with Crippen molar-refractivity contribution >= 4 is 5.78 Å². The molecular weight excluding hydrogens is 196 g/mol. The molecule has 0 aliphatic heterocycles. The van der Waals surface area contributed by atoms with E-state index in [0.29, 0.717) is 5.78 Å². The second kappa shape index (κ2) is 6.42. The van der Waals surface area contributed by atoms with Gasteiger partial charge in [0.1, 0.15) is 5.78 Å². The summed E-state index contributed by atoms with van der Waals surface area (Å²) in [5.74, 6) is 3.30. The van der Waals surface area contributed by atoms with Gasteiger partial charge >= 0.3 is 0 Å². The molecule has 0 unspecified atom stereocenters. The standard InChI is InChI=1S/C15H28O/c1-11(2)14-8-5-13(6-9-14)7-10-15(16)12(3)4/h11-14H,5-10H2,1-4H3/t13-,14+. The Morgan fingerprint density at radius 1 is 1.06 bits per heavy atom. The molecule has 1 rings (SSSR count). The molecule has 0 aromatic heterocycles. The molecule has 0 aromatic rings. The van der Waals surface area contributed by atoms with Gasteiger partial charge in [0, 0.05) is 12.3 Å². The Morgan fingerprint density at radius 2 is 1.62 bits per heavy atom. The van der Waals surface area contributed by atoms with Gasteiger partial charge in [-0.1, -0.05) is 40.5 Å². The molecule has 0 spiro atoms. The Kier molecular flexibility index (Phi) is 5.51. The predicted octanol–water partition coefficient (Wildman–Crippen LogP) is 4.45. The highest BCUT2D eigenvalue weighted by atomic mass is 16.1. The van der Waals surface area contributed by atoms with Crippen molar-refractivity contribution in [1.29, 1.82) is 0 Å². The van der Waals surface area contributed by atoms with Crippen molar-refractivity contribution in [3.8, 4) is 0 Å². The zero-order valence-corrected chi connectivity index (χ0v) is 11.5. The summed E-state index contributed by atoms with van der Waals surface area (Å²) >= 11 is 0. The molecular formula is C15H28O. The van der Waals surface area contributed by atoms with Crippen LogP contribution in [0.5, 0.6) is 0 Å². The first-order chi connectivity index (χ1) is 7.50. The Morgan fingerprint density at radius 3 is 2.06 bits per heavy atom. The smallest absolute Gasteiger partial charge is 0.135 e. The highest BCUT2D eigenvalue weighted by molar-refractivity contribution is 5.80. The van der Waals surface area contributed by atoms with Crippen LogP contribution in [0.1, 0.15) is 66.2 Å². The maximum Gasteiger partial charge on any atom is 0.135 e. The number of rotatable bonds is 5. The molecule has 0 radical (unpaired) electrons. The minimum Gasteiger partial charge on any atom is -0.299 e. The minimum atomic E-state index is 0.229. The Balaban J connectivity index is 2.20. The normalized spacial score (nSPS) is 26.4. The van der Waals surface area contributed by atoms with Crippen LogP contribution in [0.2, 0.25) is 0 Å². The molecule has 1 heteroatoms. The van der Waals surface area contributed by atoms with Crippen LogP contribution >= 0.6 is 0 Å². The summed E-state index contributed by atoms with van der Waals surface area (Å²) in [6.45, 7) is 8.70. The van der Waals surface area contributed by atoms with Crippen LogP contribution in [0.15, 0.2) is 0 Å². The van der Waals surface area contributed by atoms with Gasteiger partial charge in [-0.3, -0.25) is 4.79 Å². The van der Waals surface area contributed by atoms with Gasteiger partial charge in [-0.25, -0.2) is 0 Å². The average molecular weight is 224 g/mol. The van der Waals surface area contributed by atoms with E-state index in [1.807, 2.05) is 13.8 Å². The van der Waals surface area contributed by atoms with Crippen molar-refractivity contribution in [2.45, 2.75) is 66.2 Å². The van der Waals surface area contributed by atoms with Crippen molar-refractivity contribution in [1.82, 2.24) is 0 Å². The number of ketones is 1. The van der Waals surface area contributed by atoms with Crippen LogP contribution in [0.25, 0.3) is 0 Å². The largest absolute Gasteiger partial charge is 0.299 e. The molecule has 1 fully saturated rings. The summed E-state index contributed by atoms with van der Waals surface area (Å²) in [4.78, 5) is 11.6. The molecule has 0 bridgehead atoms. The van der Waals surface area contributed by atoms with E-state index < -0.39 is 0 Å². The van der Waals surface area contributed by atoms with Crippen molar-refractivity contribution in [3.63, 3.8) is 0 Å². The highest BCUT2D eigenvalue weighted by Crippen LogP contribution is 2.35. The monoisotopic (exact) mass is 224 g/mol. The molecule has 0 aromatic carbocycles. The summed E-state index contributed by atoms with van der Waals surface area (Å²) in [5, 5.41) is 0. The first-order valence-corrected chi connectivity index (χ1v) is 7.03. The zero-order valence-electron chi connectivity index (χ0n) is 11.5. The Bertz CT molecular complexity index is 209. The van der Waals surface area contributed by atoms with Gasteiger partial charge in [-0.2, -0.15) is 0 Å². The molecule has 16 heavy (non-hydrogen) atoms. The molecule has 1 aliphatic rings. The van der Waals surface area contributed by atoms with E-state index in [2.05, 4.69) is 13.8 Å². The average Bonchev–Trinajstić information content (AvgIpc) is 2.26. The minimum absolute atomic E-state index is 0.229. The molecule has 1 nitrogen and oxygen atoms in total. The number of carbonyl (C=O) groups is 1. The SMILES string of the molecule is CC(C)C(=O)CC[C@H]1CC[C@@H](C(C)C)CC1. The lowest BCUT2D eigenvalue weighted by atomic mass is 9.75. The first-order valence-electron chi connectivity index (χ1n) is 7.03. The van der Waals surface area contributed by atoms with E-state index in [1.54, 1.807) is 0 Å². The fourth-order valence-corrected chi connectivity index (χ4v) is 2.78. The van der Waals surface area contributed by atoms with Gasteiger partial charge in [-0.15, -0.1) is 0 Å². The van der Waals surface area contributed by atoms with E-state index in [-0.39, 0.29) is 5.92 Å². The zero-order chi connectivity index (χ0) is 12.1. The van der Waals surface area contributed by atoms with Crippen LogP contribution in [0, 0.1) is 23.7 Å². The van der Waals surface area contributed by atoms with Crippen LogP contribution < -0.4 is 0 Å². The molecule has 1 saturated carbocycles. The van der Waals surface area contributed by atoms with Gasteiger partial charge < -0.3 is 0 Å². The first kappa shape index (κ1) is 13.7. The third-order valence-corrected chi connectivity index (χ3v) is 4.28. The lowest BCUT2D eigenvalue weighted by molar-refractivity contribution is -0.122. The molecule has 0 heterocycles. The fraction of sp³-hybridized carbons (Fsp3) is 0.933. The van der Waals surface area contributed by atoms with Crippen LogP contribution in [-0.4, -0.2) is 5.78 Å². The lowest BCUT2D eigenvalue weighted by Crippen LogP contribution is -2.19. The summed E-state index contributed by atoms with van der Waals surface area (Å²) in [7, 11) is 0. The maximum atomic E-state index is 11.6. The van der Waals surface area contributed by atoms with E-state index >= 15 is 0 Å². The van der Waals surface area contributed by atoms with Crippen molar-refractivity contribution in [2.75, 3.05) is 0 Å². The van der Waals surface area contributed by atoms with E-state index in [4.69, 9.17) is 0 Å². The third-order valence-electron chi connectivity index (χ3n) is 4.28. The summed E-state index contributed by atoms with van der Waals surface area (Å²) in [6, 6.07) is 0. The number of Topliss-reactive ketones (excluding diaryl/α,β-unsaturated/α-hetero) is 1. The van der Waals surface area contributed by atoms with Crippen LogP contribution in [-0.2, 0) is 4.79 Å². The maximum absolute atomic E-state index is 11.6. The topological polar surface area (TPSA) is 17.1 Å². The summed E-state index contributed by atoms with van der Waals surface area (Å²) < 4.78 is 0. The predicted molar refractivity (Wildman–Crippen MR) is 69.4 cm³/mol. The Labute approximate surface area is 101 Å². The molecule has 0 atom stereocenters. The number of carbonyl (C=O) groups excluding carboxylic acids is 1. The van der Waals surface area contributed by atoms with Gasteiger partial charge in [0.2, 0.25) is 0 Å². The quantitative estimate of drug-likeness (QED) is 0.674. The van der Waals surface area contributed by atoms with Crippen LogP contribution in [0.4, 0.5) is 0 Å². The van der Waals surface area contributed by atoms with Gasteiger partial charge in [-0.05, 0) is 37.0 Å². The molecule has 0 N–H and O–H groups in total. The second-order valence-electron chi connectivity index (χ2n) is 6.18. The fourth-order valence-electron chi connectivity index (χ4n) is 2.78. The molecule has 94 valence electrons. The number of hydrogen-bond acceptors (Lipinski definition) is 1. The Hall–Kier alpha value is -0.330. The van der Waals surface area contributed by atoms with E-state index in [9.17, 15) is 4.79 Å². The second-order valence-corrected chi connectivity index (χ2v) is 6.18. The van der Waals surface area contributed by atoms with Gasteiger partial charge in [0.05, 0.1) is 0 Å².